The van der Waals surface area contributed by atoms with Gasteiger partial charge in [0, 0.05) is 43.1 Å². The van der Waals surface area contributed by atoms with Crippen LogP contribution in [0.15, 0.2) is 16.3 Å². The molecule has 0 bridgehead atoms. The first-order valence-electron chi connectivity index (χ1n) is 7.32. The third kappa shape index (κ3) is 3.84. The van der Waals surface area contributed by atoms with E-state index in [1.165, 1.54) is 11.3 Å². The van der Waals surface area contributed by atoms with Gasteiger partial charge < -0.3 is 10.2 Å². The molecule has 1 aliphatic rings. The summed E-state index contributed by atoms with van der Waals surface area (Å²) in [4.78, 5) is 3.56. The first kappa shape index (κ1) is 16.9. The highest BCUT2D eigenvalue weighted by Crippen LogP contribution is 2.26. The number of nitrogens with zero attached hydrogens (tertiary/aromatic N) is 2. The van der Waals surface area contributed by atoms with Gasteiger partial charge in [-0.15, -0.1) is 11.3 Å². The van der Waals surface area contributed by atoms with Crippen LogP contribution in [-0.4, -0.2) is 56.4 Å². The van der Waals surface area contributed by atoms with Gasteiger partial charge in [0.1, 0.15) is 0 Å². The van der Waals surface area contributed by atoms with Crippen LogP contribution in [0.1, 0.15) is 25.6 Å². The van der Waals surface area contributed by atoms with Gasteiger partial charge in [-0.1, -0.05) is 13.8 Å². The molecule has 5 nitrogen and oxygen atoms in total. The number of rotatable bonds is 5. The maximum Gasteiger partial charge on any atom is 0.244 e. The fourth-order valence-electron chi connectivity index (χ4n) is 2.36. The minimum absolute atomic E-state index is 0.254. The Hall–Kier alpha value is -0.470. The third-order valence-electron chi connectivity index (χ3n) is 3.92. The highest BCUT2D eigenvalue weighted by Gasteiger charge is 2.32. The van der Waals surface area contributed by atoms with Crippen LogP contribution in [0.2, 0.25) is 0 Å². The van der Waals surface area contributed by atoms with Crippen LogP contribution in [0, 0.1) is 0 Å². The quantitative estimate of drug-likeness (QED) is 0.890. The summed E-state index contributed by atoms with van der Waals surface area (Å²) in [5.74, 6) is 0. The molecule has 0 amide bonds. The van der Waals surface area contributed by atoms with E-state index in [9.17, 15) is 8.42 Å². The van der Waals surface area contributed by atoms with Crippen molar-refractivity contribution in [1.82, 2.24) is 14.5 Å². The lowest BCUT2D eigenvalue weighted by molar-refractivity contribution is 0.159. The predicted molar refractivity (Wildman–Crippen MR) is 87.1 cm³/mol. The van der Waals surface area contributed by atoms with Crippen molar-refractivity contribution in [2.45, 2.75) is 44.3 Å². The summed E-state index contributed by atoms with van der Waals surface area (Å²) in [5, 5.41) is 5.16. The molecule has 1 atom stereocenters. The molecule has 1 N–H and O–H groups in total. The van der Waals surface area contributed by atoms with Gasteiger partial charge in [-0.05, 0) is 25.4 Å². The third-order valence-corrected chi connectivity index (χ3v) is 6.92. The molecule has 0 saturated carbocycles. The molecule has 21 heavy (non-hydrogen) atoms. The van der Waals surface area contributed by atoms with Gasteiger partial charge in [0.2, 0.25) is 10.0 Å². The van der Waals surface area contributed by atoms with Gasteiger partial charge in [-0.2, -0.15) is 4.31 Å². The largest absolute Gasteiger partial charge is 0.310 e. The van der Waals surface area contributed by atoms with E-state index in [2.05, 4.69) is 31.0 Å². The summed E-state index contributed by atoms with van der Waals surface area (Å²) in [6, 6.07) is 2.33. The van der Waals surface area contributed by atoms with Crippen LogP contribution >= 0.6 is 11.3 Å². The second-order valence-electron chi connectivity index (χ2n) is 5.94. The van der Waals surface area contributed by atoms with Crippen molar-refractivity contribution in [3.63, 3.8) is 0 Å². The molecule has 120 valence electrons. The van der Waals surface area contributed by atoms with Crippen LogP contribution in [0.4, 0.5) is 0 Å². The van der Waals surface area contributed by atoms with E-state index in [1.54, 1.807) is 10.4 Å². The van der Waals surface area contributed by atoms with Crippen molar-refractivity contribution in [2.24, 2.45) is 0 Å². The van der Waals surface area contributed by atoms with Crippen molar-refractivity contribution in [2.75, 3.05) is 26.7 Å². The van der Waals surface area contributed by atoms with E-state index < -0.39 is 10.0 Å². The minimum Gasteiger partial charge on any atom is -0.310 e. The molecule has 7 heteroatoms. The maximum absolute atomic E-state index is 12.9. The minimum atomic E-state index is -3.38. The smallest absolute Gasteiger partial charge is 0.244 e. The number of nitrogens with one attached hydrogen (secondary N) is 1. The fraction of sp³-hybridized carbons (Fsp3) is 0.714. The molecule has 2 rings (SSSR count). The van der Waals surface area contributed by atoms with Gasteiger partial charge in [-0.25, -0.2) is 8.42 Å². The average Bonchev–Trinajstić information content (AvgIpc) is 2.88. The van der Waals surface area contributed by atoms with Crippen molar-refractivity contribution < 1.29 is 8.42 Å². The van der Waals surface area contributed by atoms with E-state index in [0.717, 1.165) is 11.4 Å². The molecule has 0 aliphatic carbocycles. The molecule has 1 unspecified atom stereocenters. The summed E-state index contributed by atoms with van der Waals surface area (Å²) in [5.41, 5.74) is 0. The van der Waals surface area contributed by atoms with Gasteiger partial charge in [0.25, 0.3) is 0 Å². The standard InChI is InChI=1S/C14H25N3O2S2/c1-11(2)15-9-13-14(5-8-20-13)21(18,19)17-7-6-16(4)12(3)10-17/h5,8,11-12,15H,6-7,9-10H2,1-4H3. The first-order valence-corrected chi connectivity index (χ1v) is 9.64. The second-order valence-corrected chi connectivity index (χ2v) is 8.84. The van der Waals surface area contributed by atoms with Crippen molar-refractivity contribution >= 4 is 21.4 Å². The molecular formula is C14H25N3O2S2. The number of sulfonamides is 1. The highest BCUT2D eigenvalue weighted by atomic mass is 32.2. The topological polar surface area (TPSA) is 52.7 Å². The van der Waals surface area contributed by atoms with Crippen LogP contribution in [0.5, 0.6) is 0 Å². The molecule has 0 spiro atoms. The summed E-state index contributed by atoms with van der Waals surface area (Å²) >= 11 is 1.50. The molecule has 1 aromatic rings. The highest BCUT2D eigenvalue weighted by molar-refractivity contribution is 7.89. The summed E-state index contributed by atoms with van der Waals surface area (Å²) < 4.78 is 27.3. The van der Waals surface area contributed by atoms with Crippen molar-refractivity contribution in [3.8, 4) is 0 Å². The van der Waals surface area contributed by atoms with E-state index in [1.807, 2.05) is 12.4 Å². The Morgan fingerprint density at radius 1 is 1.43 bits per heavy atom. The van der Waals surface area contributed by atoms with Crippen molar-refractivity contribution in [3.05, 3.63) is 16.3 Å². The molecule has 1 aliphatic heterocycles. The lowest BCUT2D eigenvalue weighted by Gasteiger charge is -2.36. The molecule has 2 heterocycles. The molecule has 1 saturated heterocycles. The molecule has 1 aromatic heterocycles. The maximum atomic E-state index is 12.9. The number of thiophene rings is 1. The van der Waals surface area contributed by atoms with Gasteiger partial charge in [0.05, 0.1) is 4.90 Å². The summed E-state index contributed by atoms with van der Waals surface area (Å²) in [7, 11) is -1.34. The monoisotopic (exact) mass is 331 g/mol. The van der Waals surface area contributed by atoms with E-state index in [0.29, 0.717) is 30.6 Å². The lowest BCUT2D eigenvalue weighted by atomic mass is 10.2. The second kappa shape index (κ2) is 6.75. The van der Waals surface area contributed by atoms with Gasteiger partial charge in [-0.3, -0.25) is 0 Å². The number of hydrogen-bond acceptors (Lipinski definition) is 5. The zero-order valence-electron chi connectivity index (χ0n) is 13.2. The Morgan fingerprint density at radius 2 is 2.14 bits per heavy atom. The molecule has 1 fully saturated rings. The van der Waals surface area contributed by atoms with E-state index in [4.69, 9.17) is 0 Å². The molecule has 0 radical (unpaired) electrons. The Morgan fingerprint density at radius 3 is 2.76 bits per heavy atom. The number of piperazine rings is 1. The predicted octanol–water partition coefficient (Wildman–Crippen LogP) is 1.57. The number of hydrogen-bond donors (Lipinski definition) is 1. The zero-order valence-corrected chi connectivity index (χ0v) is 14.8. The van der Waals surface area contributed by atoms with Gasteiger partial charge >= 0.3 is 0 Å². The fourth-order valence-corrected chi connectivity index (χ4v) is 5.23. The summed E-state index contributed by atoms with van der Waals surface area (Å²) in [6.07, 6.45) is 0. The molecule has 0 aromatic carbocycles. The Balaban J connectivity index is 2.18. The van der Waals surface area contributed by atoms with Crippen LogP contribution in [0.25, 0.3) is 0 Å². The zero-order chi connectivity index (χ0) is 15.6. The normalized spacial score (nSPS) is 22.0. The Kier molecular flexibility index (Phi) is 5.43. The molecular weight excluding hydrogens is 306 g/mol. The first-order chi connectivity index (χ1) is 9.82. The van der Waals surface area contributed by atoms with E-state index >= 15 is 0 Å². The Bertz CT molecular complexity index is 569. The van der Waals surface area contributed by atoms with Crippen LogP contribution in [0.3, 0.4) is 0 Å². The number of likely N-dealkylation sites (N-methyl/N-ethyl adjacent to an activating group) is 1. The Labute approximate surface area is 132 Å². The SMILES string of the molecule is CC(C)NCc1sccc1S(=O)(=O)N1CCN(C)C(C)C1. The van der Waals surface area contributed by atoms with Crippen molar-refractivity contribution in [1.29, 1.82) is 0 Å². The van der Waals surface area contributed by atoms with Crippen LogP contribution < -0.4 is 5.32 Å². The summed E-state index contributed by atoms with van der Waals surface area (Å²) in [6.45, 7) is 8.70. The average molecular weight is 332 g/mol. The van der Waals surface area contributed by atoms with Gasteiger partial charge in [0.15, 0.2) is 0 Å². The van der Waals surface area contributed by atoms with Crippen LogP contribution in [-0.2, 0) is 16.6 Å². The lowest BCUT2D eigenvalue weighted by Crippen LogP contribution is -2.51. The van der Waals surface area contributed by atoms with E-state index in [-0.39, 0.29) is 6.04 Å².